The fourth-order valence-corrected chi connectivity index (χ4v) is 2.16. The molecule has 72 valence electrons. The second kappa shape index (κ2) is 3.86. The minimum atomic E-state index is 0.503. The zero-order chi connectivity index (χ0) is 9.97. The van der Waals surface area contributed by atoms with E-state index in [4.69, 9.17) is 5.73 Å². The van der Waals surface area contributed by atoms with Gasteiger partial charge in [0.05, 0.1) is 5.69 Å². The maximum Gasteiger partial charge on any atom is 0.125 e. The number of nitrogens with two attached hydrogens (primary N) is 1. The molecule has 14 heavy (non-hydrogen) atoms. The Hall–Kier alpha value is -1.26. The molecule has 0 radical (unpaired) electrons. The second-order valence-corrected chi connectivity index (χ2v) is 4.17. The first-order valence-electron chi connectivity index (χ1n) is 4.38. The summed E-state index contributed by atoms with van der Waals surface area (Å²) in [4.78, 5) is 9.70. The average Bonchev–Trinajstić information content (AvgIpc) is 2.61. The van der Waals surface area contributed by atoms with Crippen LogP contribution in [0, 0.1) is 6.92 Å². The van der Waals surface area contributed by atoms with Gasteiger partial charge in [-0.05, 0) is 19.1 Å². The predicted molar refractivity (Wildman–Crippen MR) is 58.0 cm³/mol. The van der Waals surface area contributed by atoms with Gasteiger partial charge in [-0.3, -0.25) is 4.98 Å². The Balaban J connectivity index is 2.43. The van der Waals surface area contributed by atoms with Crippen LogP contribution < -0.4 is 5.73 Å². The third-order valence-electron chi connectivity index (χ3n) is 1.99. The first-order valence-corrected chi connectivity index (χ1v) is 5.19. The summed E-state index contributed by atoms with van der Waals surface area (Å²) in [6.07, 6.45) is 3.58. The van der Waals surface area contributed by atoms with Gasteiger partial charge in [0.2, 0.25) is 0 Å². The SMILES string of the molecule is Cc1sc(-c2cccnc2)nc1CN. The fraction of sp³-hybridized carbons (Fsp3) is 0.200. The third kappa shape index (κ3) is 1.66. The zero-order valence-corrected chi connectivity index (χ0v) is 8.71. The summed E-state index contributed by atoms with van der Waals surface area (Å²) in [5.41, 5.74) is 7.61. The molecular formula is C10H11N3S. The van der Waals surface area contributed by atoms with Crippen LogP contribution in [0.1, 0.15) is 10.6 Å². The topological polar surface area (TPSA) is 51.8 Å². The molecule has 0 unspecified atom stereocenters. The van der Waals surface area contributed by atoms with Crippen LogP contribution in [0.15, 0.2) is 24.5 Å². The van der Waals surface area contributed by atoms with Crippen molar-refractivity contribution >= 4 is 11.3 Å². The summed E-state index contributed by atoms with van der Waals surface area (Å²) >= 11 is 1.66. The highest BCUT2D eigenvalue weighted by Crippen LogP contribution is 2.26. The van der Waals surface area contributed by atoms with Gasteiger partial charge < -0.3 is 5.73 Å². The van der Waals surface area contributed by atoms with E-state index in [0.29, 0.717) is 6.54 Å². The number of aryl methyl sites for hydroxylation is 1. The number of hydrogen-bond donors (Lipinski definition) is 1. The Morgan fingerprint density at radius 1 is 1.50 bits per heavy atom. The van der Waals surface area contributed by atoms with E-state index < -0.39 is 0 Å². The van der Waals surface area contributed by atoms with E-state index in [1.54, 1.807) is 17.5 Å². The van der Waals surface area contributed by atoms with Crippen LogP contribution in [0.4, 0.5) is 0 Å². The summed E-state index contributed by atoms with van der Waals surface area (Å²) in [6, 6.07) is 3.92. The Morgan fingerprint density at radius 2 is 2.36 bits per heavy atom. The number of nitrogens with zero attached hydrogens (tertiary/aromatic N) is 2. The lowest BCUT2D eigenvalue weighted by Gasteiger charge is -1.92. The van der Waals surface area contributed by atoms with Crippen molar-refractivity contribution < 1.29 is 0 Å². The van der Waals surface area contributed by atoms with Gasteiger partial charge in [-0.15, -0.1) is 11.3 Å². The van der Waals surface area contributed by atoms with E-state index in [1.165, 1.54) is 4.88 Å². The largest absolute Gasteiger partial charge is 0.325 e. The van der Waals surface area contributed by atoms with Crippen molar-refractivity contribution in [1.29, 1.82) is 0 Å². The molecule has 2 aromatic heterocycles. The molecule has 0 aromatic carbocycles. The summed E-state index contributed by atoms with van der Waals surface area (Å²) < 4.78 is 0. The molecule has 0 bridgehead atoms. The zero-order valence-electron chi connectivity index (χ0n) is 7.90. The van der Waals surface area contributed by atoms with Crippen molar-refractivity contribution in [3.05, 3.63) is 35.1 Å². The van der Waals surface area contributed by atoms with Crippen LogP contribution in [-0.4, -0.2) is 9.97 Å². The van der Waals surface area contributed by atoms with Crippen LogP contribution in [-0.2, 0) is 6.54 Å². The molecular weight excluding hydrogens is 194 g/mol. The number of pyridine rings is 1. The molecule has 3 nitrogen and oxygen atoms in total. The van der Waals surface area contributed by atoms with Crippen molar-refractivity contribution in [3.63, 3.8) is 0 Å². The molecule has 4 heteroatoms. The Morgan fingerprint density at radius 3 is 2.93 bits per heavy atom. The highest BCUT2D eigenvalue weighted by Gasteiger charge is 2.07. The Kier molecular flexibility index (Phi) is 2.56. The number of thiazole rings is 1. The first-order chi connectivity index (χ1) is 6.81. The molecule has 0 atom stereocenters. The summed E-state index contributed by atoms with van der Waals surface area (Å²) in [5.74, 6) is 0. The van der Waals surface area contributed by atoms with E-state index in [2.05, 4.69) is 9.97 Å². The lowest BCUT2D eigenvalue weighted by Crippen LogP contribution is -1.97. The van der Waals surface area contributed by atoms with Crippen molar-refractivity contribution in [2.45, 2.75) is 13.5 Å². The lowest BCUT2D eigenvalue weighted by molar-refractivity contribution is 0.998. The lowest BCUT2D eigenvalue weighted by atomic mass is 10.3. The fourth-order valence-electron chi connectivity index (χ4n) is 1.23. The molecule has 0 saturated heterocycles. The third-order valence-corrected chi connectivity index (χ3v) is 3.06. The van der Waals surface area contributed by atoms with E-state index in [1.807, 2.05) is 25.3 Å². The molecule has 0 aliphatic carbocycles. The van der Waals surface area contributed by atoms with E-state index >= 15 is 0 Å². The van der Waals surface area contributed by atoms with E-state index in [9.17, 15) is 0 Å². The molecule has 2 rings (SSSR count). The predicted octanol–water partition coefficient (Wildman–Crippen LogP) is 1.97. The molecule has 0 saturated carbocycles. The van der Waals surface area contributed by atoms with Gasteiger partial charge in [-0.1, -0.05) is 0 Å². The van der Waals surface area contributed by atoms with Crippen LogP contribution in [0.25, 0.3) is 10.6 Å². The average molecular weight is 205 g/mol. The minimum Gasteiger partial charge on any atom is -0.325 e. The van der Waals surface area contributed by atoms with Gasteiger partial charge in [0.1, 0.15) is 5.01 Å². The van der Waals surface area contributed by atoms with Crippen LogP contribution >= 0.6 is 11.3 Å². The number of rotatable bonds is 2. The van der Waals surface area contributed by atoms with Gasteiger partial charge in [0, 0.05) is 29.4 Å². The standard InChI is InChI=1S/C10H11N3S/c1-7-9(5-11)13-10(14-7)8-3-2-4-12-6-8/h2-4,6H,5,11H2,1H3. The van der Waals surface area contributed by atoms with Crippen molar-refractivity contribution in [1.82, 2.24) is 9.97 Å². The smallest absolute Gasteiger partial charge is 0.125 e. The molecule has 2 N–H and O–H groups in total. The van der Waals surface area contributed by atoms with Crippen LogP contribution in [0.2, 0.25) is 0 Å². The Bertz CT molecular complexity index is 422. The normalized spacial score (nSPS) is 10.4. The monoisotopic (exact) mass is 205 g/mol. The highest BCUT2D eigenvalue weighted by molar-refractivity contribution is 7.15. The molecule has 2 aromatic rings. The number of aromatic nitrogens is 2. The van der Waals surface area contributed by atoms with Crippen molar-refractivity contribution in [3.8, 4) is 10.6 Å². The summed E-state index contributed by atoms with van der Waals surface area (Å²) in [5, 5.41) is 0.996. The minimum absolute atomic E-state index is 0.503. The quantitative estimate of drug-likeness (QED) is 0.815. The van der Waals surface area contributed by atoms with E-state index in [-0.39, 0.29) is 0 Å². The molecule has 0 spiro atoms. The summed E-state index contributed by atoms with van der Waals surface area (Å²) in [7, 11) is 0. The molecule has 0 aliphatic heterocycles. The highest BCUT2D eigenvalue weighted by atomic mass is 32.1. The first kappa shape index (κ1) is 9.30. The molecule has 2 heterocycles. The number of hydrogen-bond acceptors (Lipinski definition) is 4. The summed E-state index contributed by atoms with van der Waals surface area (Å²) in [6.45, 7) is 2.54. The Labute approximate surface area is 86.6 Å². The second-order valence-electron chi connectivity index (χ2n) is 2.97. The van der Waals surface area contributed by atoms with Gasteiger partial charge >= 0.3 is 0 Å². The molecule has 0 fully saturated rings. The van der Waals surface area contributed by atoms with E-state index in [0.717, 1.165) is 16.3 Å². The molecule has 0 amide bonds. The van der Waals surface area contributed by atoms with Crippen LogP contribution in [0.3, 0.4) is 0 Å². The molecule has 0 aliphatic rings. The van der Waals surface area contributed by atoms with Gasteiger partial charge in [0.15, 0.2) is 0 Å². The van der Waals surface area contributed by atoms with Gasteiger partial charge in [0.25, 0.3) is 0 Å². The van der Waals surface area contributed by atoms with Crippen molar-refractivity contribution in [2.75, 3.05) is 0 Å². The maximum atomic E-state index is 5.57. The van der Waals surface area contributed by atoms with Crippen molar-refractivity contribution in [2.24, 2.45) is 5.73 Å². The van der Waals surface area contributed by atoms with Gasteiger partial charge in [-0.25, -0.2) is 4.98 Å². The van der Waals surface area contributed by atoms with Gasteiger partial charge in [-0.2, -0.15) is 0 Å². The van der Waals surface area contributed by atoms with Crippen LogP contribution in [0.5, 0.6) is 0 Å². The maximum absolute atomic E-state index is 5.57.